The third-order valence-electron chi connectivity index (χ3n) is 6.09. The number of rotatable bonds is 8. The first kappa shape index (κ1) is 24.2. The van der Waals surface area contributed by atoms with Gasteiger partial charge in [0.25, 0.3) is 5.89 Å². The molecule has 11 nitrogen and oxygen atoms in total. The van der Waals surface area contributed by atoms with Crippen LogP contribution in [0.4, 0.5) is 5.69 Å². The molecule has 0 unspecified atom stereocenters. The lowest BCUT2D eigenvalue weighted by Gasteiger charge is -2.21. The number of hydrazone groups is 1. The van der Waals surface area contributed by atoms with Crippen LogP contribution in [0.3, 0.4) is 0 Å². The second-order valence-electron chi connectivity index (χ2n) is 8.84. The van der Waals surface area contributed by atoms with E-state index in [2.05, 4.69) is 20.6 Å². The summed E-state index contributed by atoms with van der Waals surface area (Å²) in [4.78, 5) is 29.5. The maximum Gasteiger partial charge on any atom is 0.274 e. The lowest BCUT2D eigenvalue weighted by Crippen LogP contribution is -2.38. The highest BCUT2D eigenvalue weighted by molar-refractivity contribution is 6.02. The van der Waals surface area contributed by atoms with Crippen molar-refractivity contribution in [2.75, 3.05) is 18.7 Å². The first-order valence-electron chi connectivity index (χ1n) is 12.3. The molecule has 2 aliphatic rings. The SMILES string of the molecule is O=C(CN1N=C(c2nc(-c3ccc4c(c3)OCO4)no2)CCC1=O)Nc1ccc(OCc2ccccc2)cc1. The van der Waals surface area contributed by atoms with Crippen LogP contribution in [0.25, 0.3) is 11.4 Å². The molecule has 6 rings (SSSR count). The molecule has 0 aliphatic carbocycles. The minimum absolute atomic E-state index is 0.166. The second kappa shape index (κ2) is 10.7. The minimum atomic E-state index is -0.391. The average Bonchev–Trinajstić information content (AvgIpc) is 3.64. The summed E-state index contributed by atoms with van der Waals surface area (Å²) in [5, 5.41) is 12.3. The van der Waals surface area contributed by atoms with E-state index in [4.69, 9.17) is 18.7 Å². The molecule has 0 spiro atoms. The zero-order chi connectivity index (χ0) is 26.6. The molecule has 0 saturated heterocycles. The van der Waals surface area contributed by atoms with E-state index in [1.54, 1.807) is 42.5 Å². The van der Waals surface area contributed by atoms with Crippen molar-refractivity contribution in [2.24, 2.45) is 5.10 Å². The van der Waals surface area contributed by atoms with Gasteiger partial charge in [-0.3, -0.25) is 9.59 Å². The van der Waals surface area contributed by atoms with E-state index < -0.39 is 5.91 Å². The normalized spacial score (nSPS) is 14.2. The van der Waals surface area contributed by atoms with Gasteiger partial charge in [0.2, 0.25) is 24.4 Å². The van der Waals surface area contributed by atoms with Gasteiger partial charge in [0.05, 0.1) is 0 Å². The number of amides is 2. The van der Waals surface area contributed by atoms with E-state index in [-0.39, 0.29) is 31.6 Å². The van der Waals surface area contributed by atoms with Crippen LogP contribution in [0, 0.1) is 0 Å². The number of benzene rings is 3. The molecule has 2 amide bonds. The van der Waals surface area contributed by atoms with Crippen molar-refractivity contribution in [3.05, 3.63) is 84.3 Å². The van der Waals surface area contributed by atoms with Gasteiger partial charge in [0, 0.05) is 24.1 Å². The number of hydrogen-bond acceptors (Lipinski definition) is 9. The number of anilines is 1. The Kier molecular flexibility index (Phi) is 6.60. The van der Waals surface area contributed by atoms with Crippen molar-refractivity contribution in [1.29, 1.82) is 0 Å². The van der Waals surface area contributed by atoms with E-state index in [1.807, 2.05) is 30.3 Å². The van der Waals surface area contributed by atoms with Crippen LogP contribution in [-0.4, -0.2) is 46.0 Å². The third-order valence-corrected chi connectivity index (χ3v) is 6.09. The van der Waals surface area contributed by atoms with E-state index in [0.29, 0.717) is 53.1 Å². The molecule has 196 valence electrons. The van der Waals surface area contributed by atoms with E-state index in [9.17, 15) is 9.59 Å². The topological polar surface area (TPSA) is 128 Å². The zero-order valence-electron chi connectivity index (χ0n) is 20.7. The fraction of sp³-hybridized carbons (Fsp3) is 0.179. The fourth-order valence-corrected chi connectivity index (χ4v) is 4.08. The zero-order valence-corrected chi connectivity index (χ0v) is 20.7. The maximum absolute atomic E-state index is 12.7. The van der Waals surface area contributed by atoms with Crippen LogP contribution in [0.5, 0.6) is 17.2 Å². The first-order valence-corrected chi connectivity index (χ1v) is 12.3. The van der Waals surface area contributed by atoms with Gasteiger partial charge in [-0.05, 0) is 48.0 Å². The molecular formula is C28H23N5O6. The molecule has 11 heteroatoms. The average molecular weight is 526 g/mol. The summed E-state index contributed by atoms with van der Waals surface area (Å²) in [6.07, 6.45) is 0.492. The number of ether oxygens (including phenoxy) is 3. The highest BCUT2D eigenvalue weighted by Crippen LogP contribution is 2.35. The Morgan fingerprint density at radius 2 is 1.79 bits per heavy atom. The van der Waals surface area contributed by atoms with Gasteiger partial charge < -0.3 is 24.1 Å². The first-order chi connectivity index (χ1) is 19.1. The summed E-state index contributed by atoms with van der Waals surface area (Å²) in [6, 6.07) is 22.2. The molecule has 2 aliphatic heterocycles. The fourth-order valence-electron chi connectivity index (χ4n) is 4.08. The highest BCUT2D eigenvalue weighted by atomic mass is 16.7. The Bertz CT molecular complexity index is 1530. The lowest BCUT2D eigenvalue weighted by atomic mass is 10.1. The van der Waals surface area contributed by atoms with Crippen LogP contribution in [0.15, 0.2) is 82.4 Å². The molecule has 1 aromatic heterocycles. The summed E-state index contributed by atoms with van der Waals surface area (Å²) >= 11 is 0. The monoisotopic (exact) mass is 525 g/mol. The highest BCUT2D eigenvalue weighted by Gasteiger charge is 2.27. The number of hydrogen-bond donors (Lipinski definition) is 1. The molecule has 0 atom stereocenters. The Morgan fingerprint density at radius 3 is 2.64 bits per heavy atom. The van der Waals surface area contributed by atoms with Gasteiger partial charge in [0.15, 0.2) is 11.5 Å². The van der Waals surface area contributed by atoms with Crippen LogP contribution in [0.1, 0.15) is 24.3 Å². The number of aromatic nitrogens is 2. The minimum Gasteiger partial charge on any atom is -0.489 e. The predicted molar refractivity (Wildman–Crippen MR) is 139 cm³/mol. The van der Waals surface area contributed by atoms with Crippen molar-refractivity contribution < 1.29 is 28.3 Å². The van der Waals surface area contributed by atoms with Crippen molar-refractivity contribution in [3.63, 3.8) is 0 Å². The summed E-state index contributed by atoms with van der Waals surface area (Å²) in [7, 11) is 0. The summed E-state index contributed by atoms with van der Waals surface area (Å²) < 4.78 is 21.9. The van der Waals surface area contributed by atoms with Gasteiger partial charge in [-0.1, -0.05) is 35.5 Å². The molecule has 0 fully saturated rings. The largest absolute Gasteiger partial charge is 0.489 e. The molecular weight excluding hydrogens is 502 g/mol. The van der Waals surface area contributed by atoms with Crippen molar-refractivity contribution in [3.8, 4) is 28.6 Å². The Labute approximate surface area is 223 Å². The summed E-state index contributed by atoms with van der Waals surface area (Å²) in [6.45, 7) is 0.360. The number of carbonyl (C=O) groups is 2. The van der Waals surface area contributed by atoms with E-state index >= 15 is 0 Å². The molecule has 3 heterocycles. The molecule has 3 aromatic carbocycles. The molecule has 0 radical (unpaired) electrons. The number of nitrogens with one attached hydrogen (secondary N) is 1. The van der Waals surface area contributed by atoms with Gasteiger partial charge in [-0.25, -0.2) is 5.01 Å². The Balaban J connectivity index is 1.07. The van der Waals surface area contributed by atoms with Gasteiger partial charge in [-0.2, -0.15) is 10.1 Å². The van der Waals surface area contributed by atoms with Crippen LogP contribution in [-0.2, 0) is 16.2 Å². The molecule has 4 aromatic rings. The van der Waals surface area contributed by atoms with Crippen molar-refractivity contribution in [1.82, 2.24) is 15.1 Å². The number of nitrogens with zero attached hydrogens (tertiary/aromatic N) is 4. The summed E-state index contributed by atoms with van der Waals surface area (Å²) in [5.41, 5.74) is 2.76. The smallest absolute Gasteiger partial charge is 0.274 e. The lowest BCUT2D eigenvalue weighted by molar-refractivity contribution is -0.135. The molecule has 0 bridgehead atoms. The third kappa shape index (κ3) is 5.57. The second-order valence-corrected chi connectivity index (χ2v) is 8.84. The quantitative estimate of drug-likeness (QED) is 0.365. The Morgan fingerprint density at radius 1 is 0.974 bits per heavy atom. The van der Waals surface area contributed by atoms with Crippen LogP contribution >= 0.6 is 0 Å². The number of carbonyl (C=O) groups excluding carboxylic acids is 2. The molecule has 39 heavy (non-hydrogen) atoms. The standard InChI is InChI=1S/C28H23N5O6/c34-25(29-20-7-9-21(10-8-20)36-16-18-4-2-1-3-5-18)15-33-26(35)13-11-22(31-33)28-30-27(32-39-28)19-6-12-23-24(14-19)38-17-37-23/h1-10,12,14H,11,13,15-17H2,(H,29,34). The van der Waals surface area contributed by atoms with E-state index in [1.165, 1.54) is 0 Å². The predicted octanol–water partition coefficient (Wildman–Crippen LogP) is 4.01. The van der Waals surface area contributed by atoms with E-state index in [0.717, 1.165) is 10.6 Å². The van der Waals surface area contributed by atoms with Crippen molar-refractivity contribution >= 4 is 23.2 Å². The van der Waals surface area contributed by atoms with Gasteiger partial charge >= 0.3 is 0 Å². The maximum atomic E-state index is 12.7. The molecule has 0 saturated carbocycles. The summed E-state index contributed by atoms with van der Waals surface area (Å²) in [5.74, 6) is 1.81. The van der Waals surface area contributed by atoms with Crippen LogP contribution in [0.2, 0.25) is 0 Å². The molecule has 1 N–H and O–H groups in total. The Hall–Kier alpha value is -5.19. The number of fused-ring (bicyclic) bond motifs is 1. The van der Waals surface area contributed by atoms with Gasteiger partial charge in [-0.15, -0.1) is 0 Å². The van der Waals surface area contributed by atoms with Crippen LogP contribution < -0.4 is 19.5 Å². The van der Waals surface area contributed by atoms with Gasteiger partial charge in [0.1, 0.15) is 24.6 Å². The van der Waals surface area contributed by atoms with Crippen molar-refractivity contribution in [2.45, 2.75) is 19.4 Å².